The van der Waals surface area contributed by atoms with E-state index in [2.05, 4.69) is 15.5 Å². The Labute approximate surface area is 167 Å². The van der Waals surface area contributed by atoms with E-state index in [1.165, 1.54) is 0 Å². The molecule has 2 saturated heterocycles. The van der Waals surface area contributed by atoms with Gasteiger partial charge >= 0.3 is 0 Å². The molecule has 0 aliphatic carbocycles. The first-order valence-electron chi connectivity index (χ1n) is 9.27. The first-order chi connectivity index (χ1) is 12.7. The van der Waals surface area contributed by atoms with Gasteiger partial charge in [0.05, 0.1) is 39.5 Å². The van der Waals surface area contributed by atoms with Crippen LogP contribution in [0.4, 0.5) is 0 Å². The number of rotatable bonds is 7. The highest BCUT2D eigenvalue weighted by Crippen LogP contribution is 2.32. The molecule has 0 aromatic heterocycles. The molecular weight excluding hydrogens is 370 g/mol. The maximum atomic E-state index is 12.4. The maximum absolute atomic E-state index is 12.4. The molecule has 2 aliphatic heterocycles. The van der Waals surface area contributed by atoms with Gasteiger partial charge in [0.1, 0.15) is 0 Å². The van der Waals surface area contributed by atoms with Crippen molar-refractivity contribution in [2.75, 3.05) is 53.6 Å². The zero-order chi connectivity index (χ0) is 18.4. The Balaban J connectivity index is 0.00000261. The molecule has 27 heavy (non-hydrogen) atoms. The lowest BCUT2D eigenvalue weighted by molar-refractivity contribution is -0.123. The lowest BCUT2D eigenvalue weighted by Crippen LogP contribution is -2.47. The van der Waals surface area contributed by atoms with Crippen LogP contribution < -0.4 is 20.1 Å². The van der Waals surface area contributed by atoms with Crippen molar-refractivity contribution in [3.63, 3.8) is 0 Å². The zero-order valence-electron chi connectivity index (χ0n) is 16.0. The molecule has 1 aromatic carbocycles. The monoisotopic (exact) mass is 399 g/mol. The zero-order valence-corrected chi connectivity index (χ0v) is 16.8. The summed E-state index contributed by atoms with van der Waals surface area (Å²) in [6.45, 7) is 4.59. The predicted molar refractivity (Wildman–Crippen MR) is 106 cm³/mol. The predicted octanol–water partition coefficient (Wildman–Crippen LogP) is 1.37. The van der Waals surface area contributed by atoms with Crippen LogP contribution >= 0.6 is 12.4 Å². The summed E-state index contributed by atoms with van der Waals surface area (Å²) in [5, 5.41) is 6.38. The molecule has 1 aromatic rings. The average molecular weight is 400 g/mol. The fraction of sp³-hybridized carbons (Fsp3) is 0.632. The summed E-state index contributed by atoms with van der Waals surface area (Å²) in [7, 11) is 3.27. The summed E-state index contributed by atoms with van der Waals surface area (Å²) < 4.78 is 16.3. The molecular formula is C19H30ClN3O4. The first-order valence-corrected chi connectivity index (χ1v) is 9.27. The number of carbonyl (C=O) groups excluding carboxylic acids is 1. The van der Waals surface area contributed by atoms with Gasteiger partial charge in [-0.3, -0.25) is 9.69 Å². The lowest BCUT2D eigenvalue weighted by Gasteiger charge is -2.35. The van der Waals surface area contributed by atoms with Crippen LogP contribution in [0.25, 0.3) is 0 Å². The number of ether oxygens (including phenoxy) is 3. The summed E-state index contributed by atoms with van der Waals surface area (Å²) >= 11 is 0. The Hall–Kier alpha value is -1.54. The fourth-order valence-electron chi connectivity index (χ4n) is 3.64. The van der Waals surface area contributed by atoms with Crippen molar-refractivity contribution < 1.29 is 19.0 Å². The highest BCUT2D eigenvalue weighted by atomic mass is 35.5. The van der Waals surface area contributed by atoms with E-state index in [9.17, 15) is 4.79 Å². The van der Waals surface area contributed by atoms with Gasteiger partial charge in [-0.1, -0.05) is 6.07 Å². The molecule has 152 valence electrons. The molecule has 2 heterocycles. The molecule has 0 spiro atoms. The van der Waals surface area contributed by atoms with Crippen molar-refractivity contribution in [1.82, 2.24) is 15.5 Å². The number of hydrogen-bond acceptors (Lipinski definition) is 6. The molecule has 0 saturated carbocycles. The molecule has 3 rings (SSSR count). The standard InChI is InChI=1S/C19H29N3O4.ClH/c1-24-17-6-5-14(12-18(17)25-2)16(22-8-10-26-11-9-22)13-21-19(23)15-4-3-7-20-15;/h5-6,12,15-16,20H,3-4,7-11,13H2,1-2H3,(H,21,23);1H. The SMILES string of the molecule is COc1ccc(C(CNC(=O)C2CCCN2)N2CCOCC2)cc1OC.Cl. The maximum Gasteiger partial charge on any atom is 0.237 e. The second kappa shape index (κ2) is 10.7. The van der Waals surface area contributed by atoms with Gasteiger partial charge in [0, 0.05) is 19.6 Å². The van der Waals surface area contributed by atoms with Gasteiger partial charge in [-0.05, 0) is 37.1 Å². The van der Waals surface area contributed by atoms with Gasteiger partial charge in [0.25, 0.3) is 0 Å². The Bertz CT molecular complexity index is 605. The average Bonchev–Trinajstić information content (AvgIpc) is 3.23. The second-order valence-corrected chi connectivity index (χ2v) is 6.67. The first kappa shape index (κ1) is 21.8. The van der Waals surface area contributed by atoms with E-state index in [-0.39, 0.29) is 30.4 Å². The van der Waals surface area contributed by atoms with Gasteiger partial charge in [0.2, 0.25) is 5.91 Å². The van der Waals surface area contributed by atoms with E-state index in [0.29, 0.717) is 31.3 Å². The van der Waals surface area contributed by atoms with Crippen LogP contribution in [-0.2, 0) is 9.53 Å². The lowest BCUT2D eigenvalue weighted by atomic mass is 10.0. The summed E-state index contributed by atoms with van der Waals surface area (Å²) in [5.41, 5.74) is 1.10. The molecule has 0 radical (unpaired) electrons. The minimum atomic E-state index is -0.0641. The molecule has 8 heteroatoms. The Morgan fingerprint density at radius 3 is 2.67 bits per heavy atom. The van der Waals surface area contributed by atoms with Gasteiger partial charge in [-0.15, -0.1) is 12.4 Å². The molecule has 0 bridgehead atoms. The second-order valence-electron chi connectivity index (χ2n) is 6.67. The summed E-state index contributed by atoms with van der Waals surface area (Å²) in [5.74, 6) is 1.49. The molecule has 2 N–H and O–H groups in total. The van der Waals surface area contributed by atoms with Gasteiger partial charge in [0.15, 0.2) is 11.5 Å². The van der Waals surface area contributed by atoms with Crippen molar-refractivity contribution in [2.45, 2.75) is 24.9 Å². The number of benzene rings is 1. The van der Waals surface area contributed by atoms with Gasteiger partial charge in [-0.2, -0.15) is 0 Å². The normalized spacial score (nSPS) is 21.2. The van der Waals surface area contributed by atoms with Crippen LogP contribution in [0.2, 0.25) is 0 Å². The molecule has 2 atom stereocenters. The summed E-state index contributed by atoms with van der Waals surface area (Å²) in [6.07, 6.45) is 1.96. The minimum Gasteiger partial charge on any atom is -0.493 e. The molecule has 7 nitrogen and oxygen atoms in total. The number of morpholine rings is 1. The third-order valence-corrected chi connectivity index (χ3v) is 5.13. The van der Waals surface area contributed by atoms with Crippen LogP contribution in [0.5, 0.6) is 11.5 Å². The third-order valence-electron chi connectivity index (χ3n) is 5.13. The van der Waals surface area contributed by atoms with Gasteiger partial charge in [-0.25, -0.2) is 0 Å². The number of nitrogens with one attached hydrogen (secondary N) is 2. The summed E-state index contributed by atoms with van der Waals surface area (Å²) in [6, 6.07) is 5.97. The van der Waals surface area contributed by atoms with Crippen molar-refractivity contribution in [1.29, 1.82) is 0 Å². The molecule has 1 amide bonds. The smallest absolute Gasteiger partial charge is 0.237 e. The Morgan fingerprint density at radius 2 is 2.04 bits per heavy atom. The van der Waals surface area contributed by atoms with Gasteiger partial charge < -0.3 is 24.8 Å². The molecule has 2 aliphatic rings. The van der Waals surface area contributed by atoms with Crippen LogP contribution in [0.3, 0.4) is 0 Å². The number of amides is 1. The van der Waals surface area contributed by atoms with E-state index in [4.69, 9.17) is 14.2 Å². The van der Waals surface area contributed by atoms with Crippen LogP contribution in [0.15, 0.2) is 18.2 Å². The van der Waals surface area contributed by atoms with Crippen molar-refractivity contribution >= 4 is 18.3 Å². The fourth-order valence-corrected chi connectivity index (χ4v) is 3.64. The highest BCUT2D eigenvalue weighted by Gasteiger charge is 2.27. The number of nitrogens with zero attached hydrogens (tertiary/aromatic N) is 1. The summed E-state index contributed by atoms with van der Waals surface area (Å²) in [4.78, 5) is 14.8. The number of methoxy groups -OCH3 is 2. The minimum absolute atomic E-state index is 0. The van der Waals surface area contributed by atoms with Crippen molar-refractivity contribution in [2.24, 2.45) is 0 Å². The number of halogens is 1. The van der Waals surface area contributed by atoms with E-state index in [1.54, 1.807) is 14.2 Å². The van der Waals surface area contributed by atoms with E-state index in [0.717, 1.165) is 38.0 Å². The van der Waals surface area contributed by atoms with E-state index >= 15 is 0 Å². The van der Waals surface area contributed by atoms with Crippen molar-refractivity contribution in [3.8, 4) is 11.5 Å². The Kier molecular flexibility index (Phi) is 8.63. The van der Waals surface area contributed by atoms with Crippen LogP contribution in [-0.4, -0.2) is 70.5 Å². The highest BCUT2D eigenvalue weighted by molar-refractivity contribution is 5.85. The molecule has 2 fully saturated rings. The van der Waals surface area contributed by atoms with Crippen molar-refractivity contribution in [3.05, 3.63) is 23.8 Å². The third kappa shape index (κ3) is 5.48. The quantitative estimate of drug-likeness (QED) is 0.721. The number of carbonyl (C=O) groups is 1. The van der Waals surface area contributed by atoms with E-state index in [1.807, 2.05) is 18.2 Å². The Morgan fingerprint density at radius 1 is 1.30 bits per heavy atom. The van der Waals surface area contributed by atoms with Crippen LogP contribution in [0.1, 0.15) is 24.4 Å². The van der Waals surface area contributed by atoms with Crippen LogP contribution in [0, 0.1) is 0 Å². The van der Waals surface area contributed by atoms with E-state index < -0.39 is 0 Å². The largest absolute Gasteiger partial charge is 0.493 e. The number of hydrogen-bond donors (Lipinski definition) is 2. The molecule has 2 unspecified atom stereocenters. The topological polar surface area (TPSA) is 72.1 Å².